The van der Waals surface area contributed by atoms with Crippen molar-refractivity contribution >= 4 is 24.6 Å². The summed E-state index contributed by atoms with van der Waals surface area (Å²) in [6, 6.07) is 20.2. The summed E-state index contributed by atoms with van der Waals surface area (Å²) < 4.78 is 30.3. The Morgan fingerprint density at radius 3 is 2.11 bits per heavy atom. The van der Waals surface area contributed by atoms with Crippen LogP contribution in [0.4, 0.5) is 5.69 Å². The van der Waals surface area contributed by atoms with Gasteiger partial charge in [0.1, 0.15) is 12.1 Å². The molecular formula is C44H60BN3O7. The minimum Gasteiger partial charge on any atom is -0.493 e. The Morgan fingerprint density at radius 2 is 1.51 bits per heavy atom. The maximum absolute atomic E-state index is 14.5. The lowest BCUT2D eigenvalue weighted by Gasteiger charge is -2.64. The molecule has 4 aliphatic rings. The molecule has 296 valence electrons. The Morgan fingerprint density at radius 1 is 0.836 bits per heavy atom. The number of hydrogen-bond donors (Lipinski definition) is 3. The molecule has 0 radical (unpaired) electrons. The second kappa shape index (κ2) is 16.5. The van der Waals surface area contributed by atoms with Gasteiger partial charge in [-0.2, -0.15) is 0 Å². The van der Waals surface area contributed by atoms with Crippen molar-refractivity contribution in [1.82, 2.24) is 10.6 Å². The SMILES string of the molecule is COc1cc(C[C@H](Nc2cccc(-c3ccccc3)c2)C(=O)N[C@H](C(=O)N[C@@H](CC(C)C)B2O[C@@H]3C[C@@H]4C[C@@H](C4(C)C)[C@]3(C)O2)C(C)C)cc(OC)c1OC. The molecule has 3 aliphatic carbocycles. The van der Waals surface area contributed by atoms with E-state index in [1.807, 2.05) is 68.4 Å². The topological polar surface area (TPSA) is 116 Å². The van der Waals surface area contributed by atoms with Crippen molar-refractivity contribution in [1.29, 1.82) is 0 Å². The van der Waals surface area contributed by atoms with Crippen molar-refractivity contribution in [2.45, 2.75) is 104 Å². The monoisotopic (exact) mass is 753 g/mol. The third kappa shape index (κ3) is 8.34. The van der Waals surface area contributed by atoms with Crippen molar-refractivity contribution in [3.8, 4) is 28.4 Å². The molecule has 3 aromatic carbocycles. The third-order valence-electron chi connectivity index (χ3n) is 12.4. The number of hydrogen-bond acceptors (Lipinski definition) is 8. The molecule has 11 heteroatoms. The summed E-state index contributed by atoms with van der Waals surface area (Å²) in [4.78, 5) is 28.8. The lowest BCUT2D eigenvalue weighted by Crippen LogP contribution is -2.65. The summed E-state index contributed by atoms with van der Waals surface area (Å²) in [6.07, 6.45) is 3.07. The van der Waals surface area contributed by atoms with Crippen LogP contribution < -0.4 is 30.2 Å². The zero-order chi connectivity index (χ0) is 39.7. The highest BCUT2D eigenvalue weighted by atomic mass is 16.7. The Labute approximate surface area is 327 Å². The second-order valence-corrected chi connectivity index (χ2v) is 17.2. The molecule has 0 spiro atoms. The van der Waals surface area contributed by atoms with Crippen LogP contribution >= 0.6 is 0 Å². The van der Waals surface area contributed by atoms with Crippen LogP contribution in [0.15, 0.2) is 66.7 Å². The Hall–Kier alpha value is -4.22. The number of amides is 2. The molecule has 55 heavy (non-hydrogen) atoms. The molecule has 10 nitrogen and oxygen atoms in total. The highest BCUT2D eigenvalue weighted by Gasteiger charge is 2.68. The maximum atomic E-state index is 14.5. The van der Waals surface area contributed by atoms with Crippen LogP contribution in [0.1, 0.15) is 73.3 Å². The zero-order valence-electron chi connectivity index (χ0n) is 34.2. The van der Waals surface area contributed by atoms with Gasteiger partial charge in [-0.3, -0.25) is 9.59 Å². The van der Waals surface area contributed by atoms with Gasteiger partial charge < -0.3 is 39.5 Å². The summed E-state index contributed by atoms with van der Waals surface area (Å²) in [5, 5.41) is 9.91. The largest absolute Gasteiger partial charge is 0.493 e. The molecule has 1 saturated heterocycles. The van der Waals surface area contributed by atoms with E-state index in [2.05, 4.69) is 62.7 Å². The zero-order valence-corrected chi connectivity index (χ0v) is 34.2. The molecule has 2 amide bonds. The number of nitrogens with one attached hydrogen (secondary N) is 3. The number of rotatable bonds is 16. The standard InChI is InChI=1S/C44H60BN3O7/c1-26(2)19-38(45-54-37-25-31-24-36(43(31,5)6)44(37,7)55-45)47-42(50)39(27(3)4)48-41(49)33(20-28-21-34(51-8)40(53-10)35(22-28)52-9)46-32-18-14-17-30(23-32)29-15-12-11-13-16-29/h11-18,21-23,26-27,31,33,36-39,46H,19-20,24-25H2,1-10H3,(H,47,50)(H,48,49)/t31-,33-,36-,37+,38-,39-,44-/m0/s1. The number of anilines is 1. The summed E-state index contributed by atoms with van der Waals surface area (Å²) in [5.41, 5.74) is 3.45. The molecular weight excluding hydrogens is 693 g/mol. The van der Waals surface area contributed by atoms with Gasteiger partial charge in [0, 0.05) is 12.1 Å². The first-order chi connectivity index (χ1) is 26.2. The van der Waals surface area contributed by atoms with Gasteiger partial charge in [0.15, 0.2) is 11.5 Å². The first-order valence-electron chi connectivity index (χ1n) is 19.8. The van der Waals surface area contributed by atoms with Crippen molar-refractivity contribution in [2.75, 3.05) is 26.6 Å². The summed E-state index contributed by atoms with van der Waals surface area (Å²) in [7, 11) is 4.13. The second-order valence-electron chi connectivity index (χ2n) is 17.2. The Kier molecular flexibility index (Phi) is 12.1. The van der Waals surface area contributed by atoms with E-state index in [0.29, 0.717) is 35.5 Å². The van der Waals surface area contributed by atoms with Gasteiger partial charge in [-0.25, -0.2) is 0 Å². The average molecular weight is 754 g/mol. The van der Waals surface area contributed by atoms with Crippen LogP contribution in [0.2, 0.25) is 0 Å². The average Bonchev–Trinajstić information content (AvgIpc) is 3.53. The minimum atomic E-state index is -0.812. The van der Waals surface area contributed by atoms with Crippen molar-refractivity contribution in [3.05, 3.63) is 72.3 Å². The van der Waals surface area contributed by atoms with Gasteiger partial charge in [-0.15, -0.1) is 0 Å². The molecule has 0 aromatic heterocycles. The lowest BCUT2D eigenvalue weighted by molar-refractivity contribution is -0.199. The number of carbonyl (C=O) groups excluding carboxylic acids is 2. The van der Waals surface area contributed by atoms with Crippen LogP contribution in [-0.4, -0.2) is 70.0 Å². The van der Waals surface area contributed by atoms with Gasteiger partial charge in [0.25, 0.3) is 0 Å². The minimum absolute atomic E-state index is 0.00358. The molecule has 4 fully saturated rings. The van der Waals surface area contributed by atoms with Crippen molar-refractivity contribution in [2.24, 2.45) is 29.1 Å². The van der Waals surface area contributed by atoms with Crippen LogP contribution in [0.5, 0.6) is 17.2 Å². The van der Waals surface area contributed by atoms with Gasteiger partial charge in [-0.1, -0.05) is 84.0 Å². The molecule has 3 aromatic rings. The van der Waals surface area contributed by atoms with E-state index >= 15 is 0 Å². The fourth-order valence-corrected chi connectivity index (χ4v) is 9.20. The van der Waals surface area contributed by atoms with E-state index in [9.17, 15) is 9.59 Å². The highest BCUT2D eigenvalue weighted by molar-refractivity contribution is 6.48. The van der Waals surface area contributed by atoms with E-state index < -0.39 is 24.8 Å². The molecule has 0 unspecified atom stereocenters. The molecule has 7 rings (SSSR count). The predicted octanol–water partition coefficient (Wildman–Crippen LogP) is 7.34. The summed E-state index contributed by atoms with van der Waals surface area (Å²) in [6.45, 7) is 15.0. The van der Waals surface area contributed by atoms with Crippen molar-refractivity contribution in [3.63, 3.8) is 0 Å². The fourth-order valence-electron chi connectivity index (χ4n) is 9.20. The molecule has 7 atom stereocenters. The highest BCUT2D eigenvalue weighted by Crippen LogP contribution is 2.65. The number of ether oxygens (including phenoxy) is 3. The van der Waals surface area contributed by atoms with Crippen LogP contribution in [-0.2, 0) is 25.3 Å². The first-order valence-corrected chi connectivity index (χ1v) is 19.8. The van der Waals surface area contributed by atoms with Gasteiger partial charge in [0.2, 0.25) is 17.6 Å². The Balaban J connectivity index is 1.24. The van der Waals surface area contributed by atoms with Gasteiger partial charge in [-0.05, 0) is 96.2 Å². The summed E-state index contributed by atoms with van der Waals surface area (Å²) in [5.74, 6) is 1.61. The van der Waals surface area contributed by atoms with Gasteiger partial charge >= 0.3 is 7.12 Å². The maximum Gasteiger partial charge on any atom is 0.481 e. The molecule has 3 saturated carbocycles. The van der Waals surface area contributed by atoms with E-state index in [1.165, 1.54) is 0 Å². The number of carbonyl (C=O) groups is 2. The Bertz CT molecular complexity index is 1790. The summed E-state index contributed by atoms with van der Waals surface area (Å²) >= 11 is 0. The molecule has 1 aliphatic heterocycles. The molecule has 3 N–H and O–H groups in total. The molecule has 2 bridgehead atoms. The number of benzene rings is 3. The van der Waals surface area contributed by atoms with Gasteiger partial charge in [0.05, 0.1) is 39.0 Å². The first kappa shape index (κ1) is 40.4. The van der Waals surface area contributed by atoms with E-state index in [1.54, 1.807) is 21.3 Å². The lowest BCUT2D eigenvalue weighted by atomic mass is 9.43. The third-order valence-corrected chi connectivity index (χ3v) is 12.4. The smallest absolute Gasteiger partial charge is 0.481 e. The van der Waals surface area contributed by atoms with E-state index in [-0.39, 0.29) is 47.5 Å². The van der Waals surface area contributed by atoms with E-state index in [0.717, 1.165) is 35.2 Å². The normalized spacial score (nSPS) is 23.9. The number of methoxy groups -OCH3 is 3. The quantitative estimate of drug-likeness (QED) is 0.130. The van der Waals surface area contributed by atoms with Crippen molar-refractivity contribution < 1.29 is 33.1 Å². The van der Waals surface area contributed by atoms with Crippen LogP contribution in [0.25, 0.3) is 11.1 Å². The van der Waals surface area contributed by atoms with Crippen LogP contribution in [0, 0.1) is 29.1 Å². The molecule has 1 heterocycles. The van der Waals surface area contributed by atoms with Crippen LogP contribution in [0.3, 0.4) is 0 Å². The fraction of sp³-hybridized carbons (Fsp3) is 0.545. The van der Waals surface area contributed by atoms with E-state index in [4.69, 9.17) is 23.5 Å². The predicted molar refractivity (Wildman–Crippen MR) is 217 cm³/mol.